The number of anilines is 1. The van der Waals surface area contributed by atoms with Gasteiger partial charge in [-0.1, -0.05) is 0 Å². The fourth-order valence-corrected chi connectivity index (χ4v) is 1.60. The zero-order chi connectivity index (χ0) is 14.6. The number of halogens is 4. The van der Waals surface area contributed by atoms with Gasteiger partial charge in [0.05, 0.1) is 12.3 Å². The molecule has 0 aliphatic carbocycles. The smallest absolute Gasteiger partial charge is 0.395 e. The van der Waals surface area contributed by atoms with Gasteiger partial charge in [-0.15, -0.1) is 0 Å². The topological polar surface area (TPSA) is 40.5 Å². The summed E-state index contributed by atoms with van der Waals surface area (Å²) < 4.78 is 50.8. The van der Waals surface area contributed by atoms with E-state index in [1.807, 2.05) is 0 Å². The van der Waals surface area contributed by atoms with Gasteiger partial charge in [-0.2, -0.15) is 13.2 Å². The van der Waals surface area contributed by atoms with Gasteiger partial charge in [0.25, 0.3) is 0 Å². The number of ketones is 1. The van der Waals surface area contributed by atoms with Crippen molar-refractivity contribution < 1.29 is 27.5 Å². The molecule has 0 aliphatic rings. The average molecular weight is 279 g/mol. The Labute approximate surface area is 107 Å². The van der Waals surface area contributed by atoms with E-state index in [9.17, 15) is 22.4 Å². The fraction of sp³-hybridized carbons (Fsp3) is 0.417. The molecule has 0 bridgehead atoms. The van der Waals surface area contributed by atoms with Crippen LogP contribution in [0.15, 0.2) is 18.2 Å². The summed E-state index contributed by atoms with van der Waals surface area (Å²) in [6, 6.07) is 3.24. The number of carbonyl (C=O) groups is 1. The minimum atomic E-state index is -4.51. The van der Waals surface area contributed by atoms with E-state index in [1.54, 1.807) is 0 Å². The third-order valence-corrected chi connectivity index (χ3v) is 2.43. The van der Waals surface area contributed by atoms with Crippen LogP contribution >= 0.6 is 0 Å². The SMILES string of the molecule is CC(=O)c1ccc(N(CCO)CC(F)(F)F)c(F)c1. The average Bonchev–Trinajstić information content (AvgIpc) is 2.26. The van der Waals surface area contributed by atoms with E-state index in [0.717, 1.165) is 12.1 Å². The number of Topliss-reactive ketones (excluding diaryl/α,β-unsaturated/α-hetero) is 1. The molecule has 1 N–H and O–H groups in total. The molecule has 0 aliphatic heterocycles. The number of alkyl halides is 3. The van der Waals surface area contributed by atoms with Gasteiger partial charge in [0.2, 0.25) is 0 Å². The van der Waals surface area contributed by atoms with Crippen LogP contribution in [-0.2, 0) is 0 Å². The first-order valence-corrected chi connectivity index (χ1v) is 5.47. The van der Waals surface area contributed by atoms with Crippen molar-refractivity contribution in [2.75, 3.05) is 24.6 Å². The lowest BCUT2D eigenvalue weighted by atomic mass is 10.1. The van der Waals surface area contributed by atoms with E-state index in [4.69, 9.17) is 5.11 Å². The molecule has 19 heavy (non-hydrogen) atoms. The fourth-order valence-electron chi connectivity index (χ4n) is 1.60. The third-order valence-electron chi connectivity index (χ3n) is 2.43. The van der Waals surface area contributed by atoms with E-state index >= 15 is 0 Å². The zero-order valence-corrected chi connectivity index (χ0v) is 10.2. The molecule has 0 aromatic heterocycles. The van der Waals surface area contributed by atoms with Crippen molar-refractivity contribution in [3.05, 3.63) is 29.6 Å². The standard InChI is InChI=1S/C12H13F4NO2/c1-8(19)9-2-3-11(10(13)6-9)17(4-5-18)7-12(14,15)16/h2-3,6,18H,4-5,7H2,1H3. The Morgan fingerprint density at radius 1 is 1.37 bits per heavy atom. The lowest BCUT2D eigenvalue weighted by Gasteiger charge is -2.25. The molecule has 1 aromatic carbocycles. The predicted molar refractivity (Wildman–Crippen MR) is 61.8 cm³/mol. The van der Waals surface area contributed by atoms with Crippen LogP contribution in [0.5, 0.6) is 0 Å². The van der Waals surface area contributed by atoms with Crippen LogP contribution in [0.2, 0.25) is 0 Å². The number of nitrogens with zero attached hydrogens (tertiary/aromatic N) is 1. The van der Waals surface area contributed by atoms with Gasteiger partial charge in [0.15, 0.2) is 5.78 Å². The van der Waals surface area contributed by atoms with Crippen molar-refractivity contribution in [2.45, 2.75) is 13.1 Å². The van der Waals surface area contributed by atoms with Crippen molar-refractivity contribution in [1.82, 2.24) is 0 Å². The largest absolute Gasteiger partial charge is 0.405 e. The Bertz CT molecular complexity index is 460. The van der Waals surface area contributed by atoms with Gasteiger partial charge in [0.1, 0.15) is 12.4 Å². The van der Waals surface area contributed by atoms with Crippen molar-refractivity contribution in [3.63, 3.8) is 0 Å². The molecule has 0 amide bonds. The highest BCUT2D eigenvalue weighted by atomic mass is 19.4. The van der Waals surface area contributed by atoms with Gasteiger partial charge in [0, 0.05) is 12.1 Å². The highest BCUT2D eigenvalue weighted by molar-refractivity contribution is 5.94. The van der Waals surface area contributed by atoms with Crippen LogP contribution < -0.4 is 4.90 Å². The molecular weight excluding hydrogens is 266 g/mol. The van der Waals surface area contributed by atoms with Crippen molar-refractivity contribution in [3.8, 4) is 0 Å². The molecule has 0 saturated heterocycles. The lowest BCUT2D eigenvalue weighted by molar-refractivity contribution is -0.119. The predicted octanol–water partition coefficient (Wildman–Crippen LogP) is 2.39. The van der Waals surface area contributed by atoms with E-state index in [2.05, 4.69) is 0 Å². The van der Waals surface area contributed by atoms with Crippen molar-refractivity contribution in [1.29, 1.82) is 0 Å². The summed E-state index contributed by atoms with van der Waals surface area (Å²) in [5.41, 5.74) is -0.214. The summed E-state index contributed by atoms with van der Waals surface area (Å²) >= 11 is 0. The van der Waals surface area contributed by atoms with E-state index in [1.165, 1.54) is 13.0 Å². The van der Waals surface area contributed by atoms with Gasteiger partial charge < -0.3 is 10.0 Å². The minimum Gasteiger partial charge on any atom is -0.395 e. The second-order valence-electron chi connectivity index (χ2n) is 3.98. The Kier molecular flexibility index (Phi) is 4.88. The Morgan fingerprint density at radius 3 is 2.42 bits per heavy atom. The van der Waals surface area contributed by atoms with E-state index in [0.29, 0.717) is 4.90 Å². The van der Waals surface area contributed by atoms with E-state index in [-0.39, 0.29) is 23.6 Å². The summed E-state index contributed by atoms with van der Waals surface area (Å²) in [6.45, 7) is -1.03. The number of hydrogen-bond donors (Lipinski definition) is 1. The highest BCUT2D eigenvalue weighted by Gasteiger charge is 2.31. The van der Waals surface area contributed by atoms with Gasteiger partial charge in [-0.3, -0.25) is 4.79 Å². The molecule has 0 radical (unpaired) electrons. The van der Waals surface area contributed by atoms with Crippen molar-refractivity contribution in [2.24, 2.45) is 0 Å². The van der Waals surface area contributed by atoms with Crippen LogP contribution in [0.4, 0.5) is 23.2 Å². The van der Waals surface area contributed by atoms with Gasteiger partial charge >= 0.3 is 6.18 Å². The molecule has 0 saturated carbocycles. The maximum atomic E-state index is 13.7. The molecule has 0 unspecified atom stereocenters. The van der Waals surface area contributed by atoms with Crippen LogP contribution in [0, 0.1) is 5.82 Å². The van der Waals surface area contributed by atoms with E-state index < -0.39 is 25.1 Å². The second-order valence-corrected chi connectivity index (χ2v) is 3.98. The number of aliphatic hydroxyl groups excluding tert-OH is 1. The zero-order valence-electron chi connectivity index (χ0n) is 10.2. The summed E-state index contributed by atoms with van der Waals surface area (Å²) in [6.07, 6.45) is -4.51. The molecule has 0 heterocycles. The summed E-state index contributed by atoms with van der Waals surface area (Å²) in [5, 5.41) is 8.74. The molecule has 3 nitrogen and oxygen atoms in total. The maximum Gasteiger partial charge on any atom is 0.405 e. The number of carbonyl (C=O) groups excluding carboxylic acids is 1. The van der Waals surface area contributed by atoms with Gasteiger partial charge in [-0.05, 0) is 25.1 Å². The molecule has 1 rings (SSSR count). The molecule has 106 valence electrons. The first kappa shape index (κ1) is 15.4. The Balaban J connectivity index is 3.06. The number of benzene rings is 1. The van der Waals surface area contributed by atoms with Crippen molar-refractivity contribution >= 4 is 11.5 Å². The number of aliphatic hydroxyl groups is 1. The number of hydrogen-bond acceptors (Lipinski definition) is 3. The van der Waals surface area contributed by atoms with Crippen LogP contribution in [-0.4, -0.2) is 36.8 Å². The summed E-state index contributed by atoms with van der Waals surface area (Å²) in [4.78, 5) is 11.7. The molecular formula is C12H13F4NO2. The molecule has 0 spiro atoms. The Hall–Kier alpha value is -1.63. The highest BCUT2D eigenvalue weighted by Crippen LogP contribution is 2.25. The summed E-state index contributed by atoms with van der Waals surface area (Å²) in [5.74, 6) is -1.31. The normalized spacial score (nSPS) is 11.5. The molecule has 1 aromatic rings. The van der Waals surface area contributed by atoms with Gasteiger partial charge in [-0.25, -0.2) is 4.39 Å². The molecule has 0 fully saturated rings. The first-order chi connectivity index (χ1) is 8.74. The van der Waals surface area contributed by atoms with Crippen LogP contribution in [0.3, 0.4) is 0 Å². The Morgan fingerprint density at radius 2 is 2.00 bits per heavy atom. The lowest BCUT2D eigenvalue weighted by Crippen LogP contribution is -2.36. The first-order valence-electron chi connectivity index (χ1n) is 5.47. The molecule has 7 heteroatoms. The monoisotopic (exact) mass is 279 g/mol. The summed E-state index contributed by atoms with van der Waals surface area (Å²) in [7, 11) is 0. The minimum absolute atomic E-state index is 0.0807. The van der Waals surface area contributed by atoms with Crippen LogP contribution in [0.1, 0.15) is 17.3 Å². The number of rotatable bonds is 5. The third kappa shape index (κ3) is 4.51. The molecule has 0 atom stereocenters. The quantitative estimate of drug-likeness (QED) is 0.664. The second kappa shape index (κ2) is 6.01. The maximum absolute atomic E-state index is 13.7. The van der Waals surface area contributed by atoms with Crippen LogP contribution in [0.25, 0.3) is 0 Å².